The van der Waals surface area contributed by atoms with Gasteiger partial charge in [-0.2, -0.15) is 18.4 Å². The van der Waals surface area contributed by atoms with Crippen LogP contribution in [-0.4, -0.2) is 5.11 Å². The molecule has 0 fully saturated rings. The lowest BCUT2D eigenvalue weighted by Crippen LogP contribution is -2.05. The van der Waals surface area contributed by atoms with Crippen molar-refractivity contribution in [2.24, 2.45) is 0 Å². The Morgan fingerprint density at radius 2 is 1.70 bits per heavy atom. The zero-order valence-corrected chi connectivity index (χ0v) is 10.3. The lowest BCUT2D eigenvalue weighted by atomic mass is 9.97. The van der Waals surface area contributed by atoms with E-state index >= 15 is 0 Å². The van der Waals surface area contributed by atoms with E-state index in [1.54, 1.807) is 24.3 Å². The van der Waals surface area contributed by atoms with Gasteiger partial charge in [0.2, 0.25) is 0 Å². The topological polar surface area (TPSA) is 44.0 Å². The predicted molar refractivity (Wildman–Crippen MR) is 67.5 cm³/mol. The van der Waals surface area contributed by atoms with Crippen LogP contribution in [0.5, 0.6) is 0 Å². The first-order valence-electron chi connectivity index (χ1n) is 5.77. The maximum Gasteiger partial charge on any atom is 0.416 e. The third kappa shape index (κ3) is 2.81. The van der Waals surface area contributed by atoms with E-state index in [0.717, 1.165) is 18.2 Å². The molecule has 0 spiro atoms. The summed E-state index contributed by atoms with van der Waals surface area (Å²) in [7, 11) is 0. The van der Waals surface area contributed by atoms with Crippen LogP contribution in [0.1, 0.15) is 16.7 Å². The van der Waals surface area contributed by atoms with E-state index in [1.807, 2.05) is 6.07 Å². The minimum atomic E-state index is -4.45. The highest BCUT2D eigenvalue weighted by Gasteiger charge is 2.31. The van der Waals surface area contributed by atoms with Gasteiger partial charge in [-0.1, -0.05) is 24.3 Å². The average molecular weight is 277 g/mol. The zero-order valence-electron chi connectivity index (χ0n) is 10.3. The third-order valence-electron chi connectivity index (χ3n) is 2.91. The van der Waals surface area contributed by atoms with Crippen molar-refractivity contribution in [1.82, 2.24) is 0 Å². The van der Waals surface area contributed by atoms with Gasteiger partial charge in [0, 0.05) is 5.56 Å². The highest BCUT2D eigenvalue weighted by atomic mass is 19.4. The fourth-order valence-corrected chi connectivity index (χ4v) is 1.85. The van der Waals surface area contributed by atoms with Gasteiger partial charge in [-0.3, -0.25) is 0 Å². The molecule has 0 amide bonds. The minimum Gasteiger partial charge on any atom is -0.392 e. The fourth-order valence-electron chi connectivity index (χ4n) is 1.85. The quantitative estimate of drug-likeness (QED) is 0.908. The van der Waals surface area contributed by atoms with Crippen LogP contribution in [0.2, 0.25) is 0 Å². The van der Waals surface area contributed by atoms with Gasteiger partial charge < -0.3 is 5.11 Å². The molecule has 2 rings (SSSR count). The molecule has 0 unspecified atom stereocenters. The van der Waals surface area contributed by atoms with E-state index in [2.05, 4.69) is 0 Å². The van der Waals surface area contributed by atoms with Crippen molar-refractivity contribution in [2.45, 2.75) is 12.8 Å². The second-order valence-corrected chi connectivity index (χ2v) is 4.22. The largest absolute Gasteiger partial charge is 0.416 e. The maximum atomic E-state index is 12.7. The van der Waals surface area contributed by atoms with Gasteiger partial charge in [0.05, 0.1) is 23.8 Å². The Kier molecular flexibility index (Phi) is 3.77. The number of nitrogens with zero attached hydrogens (tertiary/aromatic N) is 1. The summed E-state index contributed by atoms with van der Waals surface area (Å²) in [6.45, 7) is -0.145. The molecular formula is C15H10F3NO. The van der Waals surface area contributed by atoms with Gasteiger partial charge in [0.25, 0.3) is 0 Å². The van der Waals surface area contributed by atoms with Gasteiger partial charge in [-0.25, -0.2) is 0 Å². The molecule has 1 N–H and O–H groups in total. The predicted octanol–water partition coefficient (Wildman–Crippen LogP) is 3.74. The highest BCUT2D eigenvalue weighted by molar-refractivity contribution is 5.71. The summed E-state index contributed by atoms with van der Waals surface area (Å²) < 4.78 is 38.2. The number of halogens is 3. The lowest BCUT2D eigenvalue weighted by Gasteiger charge is -2.11. The van der Waals surface area contributed by atoms with E-state index < -0.39 is 11.7 Å². The normalized spacial score (nSPS) is 11.2. The van der Waals surface area contributed by atoms with Crippen LogP contribution >= 0.6 is 0 Å². The van der Waals surface area contributed by atoms with E-state index in [-0.39, 0.29) is 17.7 Å². The van der Waals surface area contributed by atoms with Crippen LogP contribution in [0.4, 0.5) is 13.2 Å². The van der Waals surface area contributed by atoms with Gasteiger partial charge in [0.15, 0.2) is 0 Å². The van der Waals surface area contributed by atoms with Gasteiger partial charge in [0.1, 0.15) is 0 Å². The monoisotopic (exact) mass is 277 g/mol. The second kappa shape index (κ2) is 5.35. The zero-order chi connectivity index (χ0) is 14.8. The Morgan fingerprint density at radius 1 is 1.05 bits per heavy atom. The number of benzene rings is 2. The van der Waals surface area contributed by atoms with Crippen LogP contribution < -0.4 is 0 Å². The minimum absolute atomic E-state index is 0.145. The Hall–Kier alpha value is -2.32. The summed E-state index contributed by atoms with van der Waals surface area (Å²) in [4.78, 5) is 0. The maximum absolute atomic E-state index is 12.7. The molecule has 2 nitrogen and oxygen atoms in total. The number of hydrogen-bond acceptors (Lipinski definition) is 2. The number of nitriles is 1. The molecule has 0 aliphatic heterocycles. The van der Waals surface area contributed by atoms with Crippen molar-refractivity contribution in [1.29, 1.82) is 5.26 Å². The van der Waals surface area contributed by atoms with E-state index in [0.29, 0.717) is 11.1 Å². The van der Waals surface area contributed by atoms with Crippen molar-refractivity contribution in [3.05, 3.63) is 59.2 Å². The summed E-state index contributed by atoms with van der Waals surface area (Å²) in [5, 5.41) is 18.0. The summed E-state index contributed by atoms with van der Waals surface area (Å²) in [6.07, 6.45) is -4.45. The first-order valence-corrected chi connectivity index (χ1v) is 5.77. The molecule has 0 aliphatic rings. The molecular weight excluding hydrogens is 267 g/mol. The summed E-state index contributed by atoms with van der Waals surface area (Å²) in [5.74, 6) is 0. The molecule has 0 atom stereocenters. The van der Waals surface area contributed by atoms with Crippen molar-refractivity contribution in [2.75, 3.05) is 0 Å². The van der Waals surface area contributed by atoms with E-state index in [4.69, 9.17) is 10.4 Å². The Bertz CT molecular complexity index is 654. The first-order chi connectivity index (χ1) is 9.45. The molecule has 102 valence electrons. The Morgan fingerprint density at radius 3 is 2.20 bits per heavy atom. The standard InChI is InChI=1S/C15H10F3NO/c16-15(17,18)13-6-5-12(8-19)14(7-13)11-3-1-10(9-20)2-4-11/h1-7,20H,9H2. The second-order valence-electron chi connectivity index (χ2n) is 4.22. The molecule has 0 radical (unpaired) electrons. The molecule has 20 heavy (non-hydrogen) atoms. The number of aliphatic hydroxyl groups is 1. The first kappa shape index (κ1) is 14.1. The van der Waals surface area contributed by atoms with Gasteiger partial charge in [-0.15, -0.1) is 0 Å². The van der Waals surface area contributed by atoms with Gasteiger partial charge >= 0.3 is 6.18 Å². The molecule has 0 saturated heterocycles. The molecule has 5 heteroatoms. The third-order valence-corrected chi connectivity index (χ3v) is 2.91. The van der Waals surface area contributed by atoms with Crippen molar-refractivity contribution in [3.63, 3.8) is 0 Å². The molecule has 0 aliphatic carbocycles. The van der Waals surface area contributed by atoms with Crippen LogP contribution in [0.3, 0.4) is 0 Å². The molecule has 2 aromatic rings. The van der Waals surface area contributed by atoms with Crippen molar-refractivity contribution in [3.8, 4) is 17.2 Å². The number of hydrogen-bond donors (Lipinski definition) is 1. The summed E-state index contributed by atoms with van der Waals surface area (Å²) in [5.41, 5.74) is 0.767. The Labute approximate surface area is 113 Å². The Balaban J connectivity index is 2.55. The number of aliphatic hydroxyl groups excluding tert-OH is 1. The van der Waals surface area contributed by atoms with E-state index in [9.17, 15) is 13.2 Å². The van der Waals surface area contributed by atoms with Gasteiger partial charge in [-0.05, 0) is 29.3 Å². The van der Waals surface area contributed by atoms with Crippen LogP contribution in [0, 0.1) is 11.3 Å². The average Bonchev–Trinajstić information content (AvgIpc) is 2.45. The summed E-state index contributed by atoms with van der Waals surface area (Å²) in [6, 6.07) is 11.3. The fraction of sp³-hybridized carbons (Fsp3) is 0.133. The molecule has 2 aromatic carbocycles. The van der Waals surface area contributed by atoms with Crippen molar-refractivity contribution < 1.29 is 18.3 Å². The van der Waals surface area contributed by atoms with E-state index in [1.165, 1.54) is 0 Å². The van der Waals surface area contributed by atoms with Crippen LogP contribution in [-0.2, 0) is 12.8 Å². The summed E-state index contributed by atoms with van der Waals surface area (Å²) >= 11 is 0. The van der Waals surface area contributed by atoms with Crippen LogP contribution in [0.25, 0.3) is 11.1 Å². The SMILES string of the molecule is N#Cc1ccc(C(F)(F)F)cc1-c1ccc(CO)cc1. The van der Waals surface area contributed by atoms with Crippen LogP contribution in [0.15, 0.2) is 42.5 Å². The smallest absolute Gasteiger partial charge is 0.392 e. The molecule has 0 aromatic heterocycles. The van der Waals surface area contributed by atoms with Crippen molar-refractivity contribution >= 4 is 0 Å². The highest BCUT2D eigenvalue weighted by Crippen LogP contribution is 2.33. The number of rotatable bonds is 2. The molecule has 0 saturated carbocycles. The molecule has 0 heterocycles. The molecule has 0 bridgehead atoms. The number of alkyl halides is 3. The lowest BCUT2D eigenvalue weighted by molar-refractivity contribution is -0.137.